The van der Waals surface area contributed by atoms with Crippen LogP contribution in [0.3, 0.4) is 0 Å². The number of amides is 1. The van der Waals surface area contributed by atoms with Gasteiger partial charge in [0, 0.05) is 11.3 Å². The third kappa shape index (κ3) is 3.14. The highest BCUT2D eigenvalue weighted by Crippen LogP contribution is 2.30. The standard InChI is InChI=1S/C11H13ClN2O3S/c1-18(16,17)5-4-9-11(15)14-10-6-7(12)2-3-8(10)13-9/h2-3,6,9,13H,4-5H2,1H3,(H,14,15). The molecular formula is C11H13ClN2O3S. The lowest BCUT2D eigenvalue weighted by atomic mass is 10.1. The van der Waals surface area contributed by atoms with Crippen LogP contribution in [0.2, 0.25) is 5.02 Å². The van der Waals surface area contributed by atoms with Crippen molar-refractivity contribution in [3.05, 3.63) is 23.2 Å². The van der Waals surface area contributed by atoms with Gasteiger partial charge in [0.2, 0.25) is 5.91 Å². The lowest BCUT2D eigenvalue weighted by Crippen LogP contribution is -2.39. The summed E-state index contributed by atoms with van der Waals surface area (Å²) in [5.41, 5.74) is 1.36. The van der Waals surface area contributed by atoms with E-state index in [2.05, 4.69) is 10.6 Å². The molecule has 7 heteroatoms. The third-order valence-corrected chi connectivity index (χ3v) is 3.88. The molecule has 1 aromatic carbocycles. The Kier molecular flexibility index (Phi) is 3.49. The summed E-state index contributed by atoms with van der Waals surface area (Å²) in [6.45, 7) is 0. The molecule has 1 aromatic rings. The summed E-state index contributed by atoms with van der Waals surface area (Å²) < 4.78 is 22.2. The van der Waals surface area contributed by atoms with Crippen molar-refractivity contribution in [1.29, 1.82) is 0 Å². The summed E-state index contributed by atoms with van der Waals surface area (Å²) in [5, 5.41) is 6.25. The van der Waals surface area contributed by atoms with E-state index >= 15 is 0 Å². The number of carbonyl (C=O) groups excluding carboxylic acids is 1. The van der Waals surface area contributed by atoms with Gasteiger partial charge in [0.1, 0.15) is 15.9 Å². The second kappa shape index (κ2) is 4.78. The molecule has 1 amide bonds. The molecule has 0 saturated heterocycles. The summed E-state index contributed by atoms with van der Waals surface area (Å²) in [7, 11) is -3.07. The number of fused-ring (bicyclic) bond motifs is 1. The minimum Gasteiger partial charge on any atom is -0.372 e. The lowest BCUT2D eigenvalue weighted by molar-refractivity contribution is -0.117. The first-order chi connectivity index (χ1) is 8.35. The molecule has 2 rings (SSSR count). The minimum absolute atomic E-state index is 0.0268. The molecular weight excluding hydrogens is 276 g/mol. The summed E-state index contributed by atoms with van der Waals surface area (Å²) in [6, 6.07) is 4.57. The largest absolute Gasteiger partial charge is 0.372 e. The van der Waals surface area contributed by atoms with Gasteiger partial charge < -0.3 is 10.6 Å². The molecule has 0 saturated carbocycles. The van der Waals surface area contributed by atoms with Gasteiger partial charge >= 0.3 is 0 Å². The number of halogens is 1. The van der Waals surface area contributed by atoms with Gasteiger partial charge in [-0.15, -0.1) is 0 Å². The monoisotopic (exact) mass is 288 g/mol. The molecule has 1 aliphatic heterocycles. The van der Waals surface area contributed by atoms with Crippen molar-refractivity contribution in [2.24, 2.45) is 0 Å². The first kappa shape index (κ1) is 13.2. The summed E-state index contributed by atoms with van der Waals surface area (Å²) in [4.78, 5) is 11.8. The van der Waals surface area contributed by atoms with Crippen LogP contribution in [0.4, 0.5) is 11.4 Å². The average Bonchev–Trinajstić information content (AvgIpc) is 2.25. The van der Waals surface area contributed by atoms with Crippen LogP contribution >= 0.6 is 11.6 Å². The highest BCUT2D eigenvalue weighted by molar-refractivity contribution is 7.90. The molecule has 0 aliphatic carbocycles. The quantitative estimate of drug-likeness (QED) is 0.884. The van der Waals surface area contributed by atoms with Crippen molar-refractivity contribution in [2.75, 3.05) is 22.6 Å². The molecule has 5 nitrogen and oxygen atoms in total. The first-order valence-corrected chi connectivity index (χ1v) is 7.84. The Labute approximate surface area is 110 Å². The molecule has 1 unspecified atom stereocenters. The number of carbonyl (C=O) groups is 1. The highest BCUT2D eigenvalue weighted by Gasteiger charge is 2.26. The molecule has 0 bridgehead atoms. The zero-order valence-corrected chi connectivity index (χ0v) is 11.3. The summed E-state index contributed by atoms with van der Waals surface area (Å²) in [6.07, 6.45) is 1.40. The van der Waals surface area contributed by atoms with Crippen LogP contribution < -0.4 is 10.6 Å². The Morgan fingerprint density at radius 3 is 2.72 bits per heavy atom. The van der Waals surface area contributed by atoms with Crippen LogP contribution in [0.25, 0.3) is 0 Å². The second-order valence-corrected chi connectivity index (χ2v) is 6.99. The third-order valence-electron chi connectivity index (χ3n) is 2.66. The van der Waals surface area contributed by atoms with E-state index in [1.807, 2.05) is 0 Å². The van der Waals surface area contributed by atoms with E-state index in [1.165, 1.54) is 0 Å². The zero-order chi connectivity index (χ0) is 13.3. The predicted molar refractivity (Wildman–Crippen MR) is 71.8 cm³/mol. The molecule has 1 heterocycles. The van der Waals surface area contributed by atoms with E-state index in [4.69, 9.17) is 11.6 Å². The number of anilines is 2. The molecule has 0 spiro atoms. The molecule has 2 N–H and O–H groups in total. The van der Waals surface area contributed by atoms with Gasteiger partial charge in [-0.1, -0.05) is 11.6 Å². The molecule has 1 aliphatic rings. The molecule has 18 heavy (non-hydrogen) atoms. The summed E-state index contributed by atoms with van der Waals surface area (Å²) >= 11 is 5.82. The number of hydrogen-bond acceptors (Lipinski definition) is 4. The Morgan fingerprint density at radius 1 is 1.33 bits per heavy atom. The molecule has 0 fully saturated rings. The SMILES string of the molecule is CS(=O)(=O)CCC1Nc2ccc(Cl)cc2NC1=O. The number of benzene rings is 1. The molecule has 0 radical (unpaired) electrons. The lowest BCUT2D eigenvalue weighted by Gasteiger charge is -2.26. The van der Waals surface area contributed by atoms with E-state index in [-0.39, 0.29) is 18.1 Å². The first-order valence-electron chi connectivity index (χ1n) is 5.40. The molecule has 1 atom stereocenters. The van der Waals surface area contributed by atoms with E-state index in [0.29, 0.717) is 10.7 Å². The Bertz CT molecular complexity index is 586. The van der Waals surface area contributed by atoms with Crippen LogP contribution in [0.1, 0.15) is 6.42 Å². The normalized spacial score (nSPS) is 18.8. The number of rotatable bonds is 3. The van der Waals surface area contributed by atoms with Gasteiger partial charge in [-0.05, 0) is 24.6 Å². The van der Waals surface area contributed by atoms with Gasteiger partial charge in [-0.2, -0.15) is 0 Å². The predicted octanol–water partition coefficient (Wildman–Crippen LogP) is 1.51. The van der Waals surface area contributed by atoms with Crippen molar-refractivity contribution in [3.63, 3.8) is 0 Å². The fourth-order valence-electron chi connectivity index (χ4n) is 1.75. The van der Waals surface area contributed by atoms with Gasteiger partial charge in [-0.25, -0.2) is 8.42 Å². The smallest absolute Gasteiger partial charge is 0.246 e. The van der Waals surface area contributed by atoms with Crippen LogP contribution in [-0.2, 0) is 14.6 Å². The highest BCUT2D eigenvalue weighted by atomic mass is 35.5. The van der Waals surface area contributed by atoms with Crippen LogP contribution in [0.5, 0.6) is 0 Å². The van der Waals surface area contributed by atoms with Crippen molar-refractivity contribution in [2.45, 2.75) is 12.5 Å². The summed E-state index contributed by atoms with van der Waals surface area (Å²) in [5.74, 6) is -0.269. The van der Waals surface area contributed by atoms with Crippen LogP contribution in [0.15, 0.2) is 18.2 Å². The van der Waals surface area contributed by atoms with Crippen molar-refractivity contribution >= 4 is 38.7 Å². The van der Waals surface area contributed by atoms with E-state index < -0.39 is 15.9 Å². The number of nitrogens with one attached hydrogen (secondary N) is 2. The maximum absolute atomic E-state index is 11.8. The topological polar surface area (TPSA) is 75.3 Å². The van der Waals surface area contributed by atoms with Crippen molar-refractivity contribution < 1.29 is 13.2 Å². The van der Waals surface area contributed by atoms with E-state index in [9.17, 15) is 13.2 Å². The van der Waals surface area contributed by atoms with E-state index in [1.54, 1.807) is 18.2 Å². The number of sulfone groups is 1. The Balaban J connectivity index is 2.13. The fourth-order valence-corrected chi connectivity index (χ4v) is 2.59. The van der Waals surface area contributed by atoms with Gasteiger partial charge in [0.05, 0.1) is 17.1 Å². The second-order valence-electron chi connectivity index (χ2n) is 4.29. The Hall–Kier alpha value is -1.27. The van der Waals surface area contributed by atoms with Gasteiger partial charge in [0.25, 0.3) is 0 Å². The minimum atomic E-state index is -3.07. The van der Waals surface area contributed by atoms with Gasteiger partial charge in [-0.3, -0.25) is 4.79 Å². The zero-order valence-electron chi connectivity index (χ0n) is 9.73. The van der Waals surface area contributed by atoms with E-state index in [0.717, 1.165) is 11.9 Å². The molecule has 98 valence electrons. The number of hydrogen-bond donors (Lipinski definition) is 2. The van der Waals surface area contributed by atoms with Crippen LogP contribution in [-0.4, -0.2) is 32.4 Å². The van der Waals surface area contributed by atoms with Crippen molar-refractivity contribution in [1.82, 2.24) is 0 Å². The van der Waals surface area contributed by atoms with Crippen molar-refractivity contribution in [3.8, 4) is 0 Å². The fraction of sp³-hybridized carbons (Fsp3) is 0.364. The average molecular weight is 289 g/mol. The maximum Gasteiger partial charge on any atom is 0.246 e. The maximum atomic E-state index is 11.8. The Morgan fingerprint density at radius 2 is 2.06 bits per heavy atom. The van der Waals surface area contributed by atoms with Crippen LogP contribution in [0, 0.1) is 0 Å². The van der Waals surface area contributed by atoms with Gasteiger partial charge in [0.15, 0.2) is 0 Å². The molecule has 0 aromatic heterocycles.